The molecule has 7 rings (SSSR count). The Hall–Kier alpha value is -4.80. The van der Waals surface area contributed by atoms with Crippen molar-refractivity contribution >= 4 is 16.9 Å². The number of hydrogen-bond acceptors (Lipinski definition) is 5. The third kappa shape index (κ3) is 4.40. The molecule has 226 valence electrons. The molecule has 2 aliphatic rings. The lowest BCUT2D eigenvalue weighted by Gasteiger charge is -2.35. The zero-order valence-electron chi connectivity index (χ0n) is 23.8. The molecule has 0 amide bonds. The number of nitrogens with one attached hydrogen (secondary N) is 2. The van der Waals surface area contributed by atoms with Crippen LogP contribution in [0.25, 0.3) is 22.3 Å². The third-order valence-electron chi connectivity index (χ3n) is 8.62. The Balaban J connectivity index is 1.20. The van der Waals surface area contributed by atoms with Crippen molar-refractivity contribution in [3.8, 4) is 28.6 Å². The highest BCUT2D eigenvalue weighted by atomic mass is 19.2. The molecule has 3 aromatic carbocycles. The van der Waals surface area contributed by atoms with Gasteiger partial charge in [0.1, 0.15) is 23.1 Å². The van der Waals surface area contributed by atoms with Crippen LogP contribution in [-0.4, -0.2) is 34.1 Å². The molecule has 44 heavy (non-hydrogen) atoms. The maximum atomic E-state index is 15.1. The van der Waals surface area contributed by atoms with E-state index in [4.69, 9.17) is 19.2 Å². The molecule has 0 radical (unpaired) electrons. The molecule has 1 fully saturated rings. The molecule has 2 N–H and O–H groups in total. The average molecular weight is 606 g/mol. The molecule has 0 bridgehead atoms. The van der Waals surface area contributed by atoms with Gasteiger partial charge in [-0.1, -0.05) is 18.2 Å². The van der Waals surface area contributed by atoms with Crippen LogP contribution in [0.3, 0.4) is 0 Å². The lowest BCUT2D eigenvalue weighted by Crippen LogP contribution is -2.32. The smallest absolute Gasteiger partial charge is 0.309 e. The minimum atomic E-state index is -1.51. The number of rotatable bonds is 7. The Morgan fingerprint density at radius 1 is 1.09 bits per heavy atom. The highest BCUT2D eigenvalue weighted by molar-refractivity contribution is 5.83. The second-order valence-corrected chi connectivity index (χ2v) is 11.3. The molecule has 0 spiro atoms. The van der Waals surface area contributed by atoms with E-state index in [2.05, 4.69) is 9.97 Å². The first-order valence-corrected chi connectivity index (χ1v) is 14.3. The van der Waals surface area contributed by atoms with E-state index < -0.39 is 34.4 Å². The van der Waals surface area contributed by atoms with Gasteiger partial charge in [0.05, 0.1) is 35.9 Å². The summed E-state index contributed by atoms with van der Waals surface area (Å²) in [5.41, 5.74) is 1.56. The Bertz CT molecular complexity index is 1940. The number of carbonyl (C=O) groups excluding carboxylic acids is 1. The number of hydrogen-bond donors (Lipinski definition) is 2. The van der Waals surface area contributed by atoms with Crippen molar-refractivity contribution in [2.45, 2.75) is 38.0 Å². The van der Waals surface area contributed by atoms with Gasteiger partial charge < -0.3 is 24.2 Å². The average Bonchev–Trinajstić information content (AvgIpc) is 3.39. The molecule has 0 saturated heterocycles. The summed E-state index contributed by atoms with van der Waals surface area (Å²) in [6.07, 6.45) is 4.27. The second kappa shape index (κ2) is 10.4. The lowest BCUT2D eigenvalue weighted by atomic mass is 9.74. The van der Waals surface area contributed by atoms with E-state index in [0.29, 0.717) is 31.7 Å². The number of aromatic nitrogens is 3. The summed E-state index contributed by atoms with van der Waals surface area (Å²) < 4.78 is 76.1. The van der Waals surface area contributed by atoms with Crippen molar-refractivity contribution in [2.24, 2.45) is 5.92 Å². The molecule has 1 aliphatic carbocycles. The van der Waals surface area contributed by atoms with Gasteiger partial charge >= 0.3 is 5.97 Å². The van der Waals surface area contributed by atoms with Gasteiger partial charge in [0.25, 0.3) is 0 Å². The largest absolute Gasteiger partial charge is 0.493 e. The Kier molecular flexibility index (Phi) is 6.64. The van der Waals surface area contributed by atoms with Crippen LogP contribution in [0.15, 0.2) is 54.9 Å². The summed E-state index contributed by atoms with van der Waals surface area (Å²) in [4.78, 5) is 22.5. The maximum absolute atomic E-state index is 15.1. The molecule has 1 aliphatic heterocycles. The number of ether oxygens (including phenoxy) is 3. The normalized spacial score (nSPS) is 20.7. The Morgan fingerprint density at radius 3 is 2.75 bits per heavy atom. The van der Waals surface area contributed by atoms with Crippen LogP contribution >= 0.6 is 0 Å². The Labute approximate surface area is 249 Å². The van der Waals surface area contributed by atoms with E-state index in [1.165, 1.54) is 24.4 Å². The fourth-order valence-electron chi connectivity index (χ4n) is 6.11. The van der Waals surface area contributed by atoms with E-state index in [1.807, 2.05) is 25.1 Å². The fourth-order valence-corrected chi connectivity index (χ4v) is 6.11. The zero-order valence-corrected chi connectivity index (χ0v) is 23.8. The SMILES string of the molecule is CCOC(=O)[C@H]1C[C@H]1c1cccc2c1OCC[C@@]2(C)c1c[nH]c(-c2cc(Oc3c(F)c(F)c4[nH]ccc4c3F)ccc2F)n1. The number of fused-ring (bicyclic) bond motifs is 2. The summed E-state index contributed by atoms with van der Waals surface area (Å²) in [5.74, 6) is -5.07. The molecule has 0 unspecified atom stereocenters. The summed E-state index contributed by atoms with van der Waals surface area (Å²) in [5, 5.41) is -0.178. The fraction of sp³-hybridized carbons (Fsp3) is 0.273. The first-order valence-electron chi connectivity index (χ1n) is 14.3. The number of halogens is 4. The predicted molar refractivity (Wildman–Crippen MR) is 153 cm³/mol. The van der Waals surface area contributed by atoms with Crippen molar-refractivity contribution in [3.63, 3.8) is 0 Å². The third-order valence-corrected chi connectivity index (χ3v) is 8.62. The standard InChI is InChI=1S/C33H27F4N3O4/c1-3-42-32(41)20-14-19(20)17-5-4-6-22-29(17)43-12-10-33(22,2)24-15-39-31(40-24)21-13-16(7-8-23(21)34)44-30-25(35)18-9-11-38-28(18)26(36)27(30)37/h4-9,11,13,15,19-20,38H,3,10,12,14H2,1-2H3,(H,39,40)/t19-,20-,33+/m0/s1. The minimum Gasteiger partial charge on any atom is -0.493 e. The van der Waals surface area contributed by atoms with E-state index in [9.17, 15) is 13.6 Å². The zero-order chi connectivity index (χ0) is 30.7. The summed E-state index contributed by atoms with van der Waals surface area (Å²) >= 11 is 0. The van der Waals surface area contributed by atoms with Gasteiger partial charge in [-0.2, -0.15) is 4.39 Å². The van der Waals surface area contributed by atoms with Gasteiger partial charge in [0.2, 0.25) is 11.6 Å². The molecule has 7 nitrogen and oxygen atoms in total. The van der Waals surface area contributed by atoms with Gasteiger partial charge in [-0.05, 0) is 56.5 Å². The number of carbonyl (C=O) groups is 1. The van der Waals surface area contributed by atoms with Crippen LogP contribution in [0.5, 0.6) is 17.2 Å². The Morgan fingerprint density at radius 2 is 1.93 bits per heavy atom. The van der Waals surface area contributed by atoms with E-state index in [0.717, 1.165) is 22.9 Å². The van der Waals surface area contributed by atoms with Crippen LogP contribution in [-0.2, 0) is 14.9 Å². The number of imidazole rings is 1. The topological polar surface area (TPSA) is 89.2 Å². The van der Waals surface area contributed by atoms with Crippen LogP contribution in [0.1, 0.15) is 49.4 Å². The number of H-pyrrole nitrogens is 2. The van der Waals surface area contributed by atoms with Crippen LogP contribution < -0.4 is 9.47 Å². The maximum Gasteiger partial charge on any atom is 0.309 e. The highest BCUT2D eigenvalue weighted by Gasteiger charge is 2.48. The van der Waals surface area contributed by atoms with Crippen LogP contribution in [0.4, 0.5) is 17.6 Å². The number of esters is 1. The summed E-state index contributed by atoms with van der Waals surface area (Å²) in [6.45, 7) is 4.56. The molecular formula is C33H27F4N3O4. The first-order chi connectivity index (χ1) is 21.2. The van der Waals surface area contributed by atoms with E-state index in [-0.39, 0.29) is 45.8 Å². The van der Waals surface area contributed by atoms with Crippen molar-refractivity contribution in [1.82, 2.24) is 15.0 Å². The van der Waals surface area contributed by atoms with E-state index in [1.54, 1.807) is 13.1 Å². The second-order valence-electron chi connectivity index (χ2n) is 11.3. The van der Waals surface area contributed by atoms with Crippen molar-refractivity contribution in [2.75, 3.05) is 13.2 Å². The molecule has 3 atom stereocenters. The van der Waals surface area contributed by atoms with Gasteiger partial charge in [-0.25, -0.2) is 18.2 Å². The van der Waals surface area contributed by atoms with Gasteiger partial charge in [0, 0.05) is 34.7 Å². The first kappa shape index (κ1) is 28.0. The van der Waals surface area contributed by atoms with Gasteiger partial charge in [-0.15, -0.1) is 0 Å². The molecule has 5 aromatic rings. The lowest BCUT2D eigenvalue weighted by molar-refractivity contribution is -0.144. The number of benzene rings is 3. The summed E-state index contributed by atoms with van der Waals surface area (Å²) in [6, 6.07) is 10.7. The molecule has 3 heterocycles. The molecule has 2 aromatic heterocycles. The number of para-hydroxylation sites is 1. The predicted octanol–water partition coefficient (Wildman–Crippen LogP) is 7.66. The van der Waals surface area contributed by atoms with Gasteiger partial charge in [-0.3, -0.25) is 4.79 Å². The molecule has 1 saturated carbocycles. The van der Waals surface area contributed by atoms with Crippen molar-refractivity contribution in [3.05, 3.63) is 94.9 Å². The van der Waals surface area contributed by atoms with E-state index >= 15 is 8.78 Å². The van der Waals surface area contributed by atoms with Crippen LogP contribution in [0, 0.1) is 29.2 Å². The summed E-state index contributed by atoms with van der Waals surface area (Å²) in [7, 11) is 0. The quantitative estimate of drug-likeness (QED) is 0.113. The molecular weight excluding hydrogens is 578 g/mol. The molecule has 11 heteroatoms. The highest BCUT2D eigenvalue weighted by Crippen LogP contribution is 2.54. The monoisotopic (exact) mass is 605 g/mol. The van der Waals surface area contributed by atoms with Gasteiger partial charge in [0.15, 0.2) is 11.6 Å². The van der Waals surface area contributed by atoms with Crippen LogP contribution in [0.2, 0.25) is 0 Å². The number of nitrogens with zero attached hydrogens (tertiary/aromatic N) is 1. The minimum absolute atomic E-state index is 0.00217. The number of aromatic amines is 2. The van der Waals surface area contributed by atoms with Crippen molar-refractivity contribution in [1.29, 1.82) is 0 Å². The van der Waals surface area contributed by atoms with Crippen molar-refractivity contribution < 1.29 is 36.6 Å².